The van der Waals surface area contributed by atoms with Crippen molar-refractivity contribution in [3.8, 4) is 0 Å². The fraction of sp³-hybridized carbons (Fsp3) is 0.889. The van der Waals surface area contributed by atoms with Crippen LogP contribution in [0.5, 0.6) is 0 Å². The van der Waals surface area contributed by atoms with Crippen molar-refractivity contribution >= 4 is 5.97 Å². The molecule has 0 rings (SSSR count). The van der Waals surface area contributed by atoms with Crippen LogP contribution in [0.1, 0.15) is 33.1 Å². The van der Waals surface area contributed by atoms with Gasteiger partial charge in [-0.2, -0.15) is 4.91 Å². The summed E-state index contributed by atoms with van der Waals surface area (Å²) in [4.78, 5) is 13.3. The zero-order valence-corrected chi connectivity index (χ0v) is 9.26. The Morgan fingerprint density at radius 3 is 2.73 bits per heavy atom. The van der Waals surface area contributed by atoms with E-state index in [-0.39, 0.29) is 6.54 Å². The van der Waals surface area contributed by atoms with Gasteiger partial charge >= 0.3 is 5.97 Å². The zero-order valence-electron chi connectivity index (χ0n) is 9.26. The normalized spacial score (nSPS) is 11.6. The van der Waals surface area contributed by atoms with Gasteiger partial charge in [-0.15, -0.1) is 5.53 Å². The summed E-state index contributed by atoms with van der Waals surface area (Å²) >= 11 is 0. The van der Waals surface area contributed by atoms with Gasteiger partial charge in [0.25, 0.3) is 0 Å². The Hall–Kier alpha value is -1.42. The molecule has 0 aromatic carbocycles. The smallest absolute Gasteiger partial charge is 0.310 e. The van der Waals surface area contributed by atoms with Crippen LogP contribution in [0.3, 0.4) is 0 Å². The molecule has 0 aliphatic heterocycles. The molecular weight excluding hydrogens is 196 g/mol. The lowest BCUT2D eigenvalue weighted by atomic mass is 10.2. The number of hydrogen-bond donors (Lipinski definition) is 1. The van der Waals surface area contributed by atoms with E-state index < -0.39 is 11.9 Å². The Balaban J connectivity index is 4.03. The van der Waals surface area contributed by atoms with Gasteiger partial charge in [-0.05, 0) is 25.0 Å². The maximum Gasteiger partial charge on any atom is 0.310 e. The number of nitrogens with zero attached hydrogens (tertiary/aromatic N) is 4. The lowest BCUT2D eigenvalue weighted by Gasteiger charge is -2.15. The topological polar surface area (TPSA) is 89.3 Å². The van der Waals surface area contributed by atoms with Crippen molar-refractivity contribution in [3.05, 3.63) is 10.4 Å². The molecule has 0 bridgehead atoms. The van der Waals surface area contributed by atoms with Crippen molar-refractivity contribution in [1.29, 1.82) is 0 Å². The predicted molar refractivity (Wildman–Crippen MR) is 57.0 cm³/mol. The molecule has 6 nitrogen and oxygen atoms in total. The molecule has 0 aliphatic rings. The fourth-order valence-corrected chi connectivity index (χ4v) is 1.17. The van der Waals surface area contributed by atoms with E-state index >= 15 is 0 Å². The number of rotatable bonds is 8. The second kappa shape index (κ2) is 7.94. The Bertz CT molecular complexity index is 238. The predicted octanol–water partition coefficient (Wildman–Crippen LogP) is 2.42. The summed E-state index contributed by atoms with van der Waals surface area (Å²) in [5.74, 6) is -1.39. The summed E-state index contributed by atoms with van der Waals surface area (Å²) in [6.07, 6.45) is 3.05. The molecule has 0 spiro atoms. The van der Waals surface area contributed by atoms with Crippen molar-refractivity contribution < 1.29 is 9.90 Å². The van der Waals surface area contributed by atoms with Crippen molar-refractivity contribution in [2.24, 2.45) is 11.1 Å². The summed E-state index contributed by atoms with van der Waals surface area (Å²) in [7, 11) is 0. The second-order valence-corrected chi connectivity index (χ2v) is 3.54. The fourth-order valence-electron chi connectivity index (χ4n) is 1.17. The highest BCUT2D eigenvalue weighted by Crippen LogP contribution is 2.04. The van der Waals surface area contributed by atoms with Gasteiger partial charge < -0.3 is 5.11 Å². The molecule has 0 saturated heterocycles. The van der Waals surface area contributed by atoms with Gasteiger partial charge in [0.15, 0.2) is 0 Å². The van der Waals surface area contributed by atoms with Crippen molar-refractivity contribution in [2.45, 2.75) is 33.1 Å². The van der Waals surface area contributed by atoms with E-state index in [1.165, 1.54) is 5.01 Å². The van der Waals surface area contributed by atoms with Crippen LogP contribution in [0.25, 0.3) is 10.4 Å². The van der Waals surface area contributed by atoms with Gasteiger partial charge in [0.1, 0.15) is 6.54 Å². The maximum absolute atomic E-state index is 10.6. The first kappa shape index (κ1) is 13.6. The molecule has 0 heterocycles. The van der Waals surface area contributed by atoms with E-state index in [1.54, 1.807) is 6.92 Å². The number of azide groups is 1. The highest BCUT2D eigenvalue weighted by Gasteiger charge is 2.16. The first-order valence-electron chi connectivity index (χ1n) is 5.14. The highest BCUT2D eigenvalue weighted by molar-refractivity contribution is 5.69. The first-order chi connectivity index (χ1) is 7.11. The molecule has 1 atom stereocenters. The minimum atomic E-state index is -0.872. The maximum atomic E-state index is 10.6. The van der Waals surface area contributed by atoms with Crippen LogP contribution in [0, 0.1) is 5.92 Å². The van der Waals surface area contributed by atoms with Gasteiger partial charge in [0.05, 0.1) is 12.5 Å². The molecular formula is C9H18N4O2. The van der Waals surface area contributed by atoms with E-state index in [0.717, 1.165) is 19.3 Å². The highest BCUT2D eigenvalue weighted by atomic mass is 16.4. The SMILES string of the molecule is CCCCCN(CC(C)C(=O)O)N=[N+]=[N-]. The van der Waals surface area contributed by atoms with E-state index in [4.69, 9.17) is 10.6 Å². The van der Waals surface area contributed by atoms with E-state index in [0.29, 0.717) is 6.54 Å². The molecule has 86 valence electrons. The van der Waals surface area contributed by atoms with Gasteiger partial charge in [-0.25, -0.2) is 5.01 Å². The van der Waals surface area contributed by atoms with Crippen LogP contribution in [0.4, 0.5) is 0 Å². The summed E-state index contributed by atoms with van der Waals surface area (Å²) in [5.41, 5.74) is 8.31. The molecule has 0 aromatic heterocycles. The van der Waals surface area contributed by atoms with Crippen LogP contribution in [0.15, 0.2) is 5.22 Å². The summed E-state index contributed by atoms with van der Waals surface area (Å²) in [6, 6.07) is 0. The Labute approximate surface area is 89.5 Å². The van der Waals surface area contributed by atoms with Crippen LogP contribution < -0.4 is 0 Å². The first-order valence-corrected chi connectivity index (χ1v) is 5.14. The second-order valence-electron chi connectivity index (χ2n) is 3.54. The molecule has 1 unspecified atom stereocenters. The third-order valence-corrected chi connectivity index (χ3v) is 2.09. The van der Waals surface area contributed by atoms with Gasteiger partial charge in [-0.1, -0.05) is 13.3 Å². The average Bonchev–Trinajstić information content (AvgIpc) is 2.18. The van der Waals surface area contributed by atoms with Crippen molar-refractivity contribution in [1.82, 2.24) is 5.01 Å². The van der Waals surface area contributed by atoms with Gasteiger partial charge in [0, 0.05) is 0 Å². The largest absolute Gasteiger partial charge is 0.481 e. The molecule has 15 heavy (non-hydrogen) atoms. The van der Waals surface area contributed by atoms with E-state index in [2.05, 4.69) is 17.1 Å². The molecule has 0 saturated carbocycles. The van der Waals surface area contributed by atoms with Gasteiger partial charge in [-0.3, -0.25) is 4.79 Å². The van der Waals surface area contributed by atoms with Crippen molar-refractivity contribution in [2.75, 3.05) is 13.1 Å². The summed E-state index contributed by atoms with van der Waals surface area (Å²) in [6.45, 7) is 4.57. The molecule has 1 N–H and O–H groups in total. The zero-order chi connectivity index (χ0) is 11.7. The van der Waals surface area contributed by atoms with Crippen molar-refractivity contribution in [3.63, 3.8) is 0 Å². The number of carboxylic acids is 1. The Morgan fingerprint density at radius 2 is 2.27 bits per heavy atom. The van der Waals surface area contributed by atoms with Gasteiger partial charge in [0.2, 0.25) is 0 Å². The monoisotopic (exact) mass is 214 g/mol. The number of unbranched alkanes of at least 4 members (excludes halogenated alkanes) is 2. The van der Waals surface area contributed by atoms with Crippen LogP contribution in [-0.4, -0.2) is 29.2 Å². The molecule has 6 heteroatoms. The number of aliphatic carboxylic acids is 1. The summed E-state index contributed by atoms with van der Waals surface area (Å²) in [5, 5.41) is 13.7. The molecule has 0 amide bonds. The molecule has 0 aromatic rings. The van der Waals surface area contributed by atoms with E-state index in [1.807, 2.05) is 0 Å². The third kappa shape index (κ3) is 6.62. The molecule has 0 aliphatic carbocycles. The number of hydrogen-bond acceptors (Lipinski definition) is 2. The minimum absolute atomic E-state index is 0.267. The number of carbonyl (C=O) groups is 1. The lowest BCUT2D eigenvalue weighted by Crippen LogP contribution is -2.28. The molecule has 0 fully saturated rings. The third-order valence-electron chi connectivity index (χ3n) is 2.09. The number of carboxylic acid groups (broad SMARTS) is 1. The lowest BCUT2D eigenvalue weighted by molar-refractivity contribution is -0.141. The van der Waals surface area contributed by atoms with Crippen LogP contribution in [-0.2, 0) is 4.79 Å². The summed E-state index contributed by atoms with van der Waals surface area (Å²) < 4.78 is 0. The quantitative estimate of drug-likeness (QED) is 0.221. The standard InChI is InChI=1S/C9H18N4O2/c1-3-4-5-6-13(12-11-10)7-8(2)9(14)15/h8H,3-7H2,1-2H3,(H,14,15). The van der Waals surface area contributed by atoms with Crippen LogP contribution in [0.2, 0.25) is 0 Å². The Morgan fingerprint density at radius 1 is 1.60 bits per heavy atom. The average molecular weight is 214 g/mol. The van der Waals surface area contributed by atoms with E-state index in [9.17, 15) is 4.79 Å². The molecule has 0 radical (unpaired) electrons. The minimum Gasteiger partial charge on any atom is -0.481 e. The van der Waals surface area contributed by atoms with Crippen LogP contribution >= 0.6 is 0 Å². The Kier molecular flexibility index (Phi) is 7.18.